The lowest BCUT2D eigenvalue weighted by Gasteiger charge is -2.44. The second-order valence-electron chi connectivity index (χ2n) is 8.67. The van der Waals surface area contributed by atoms with Gasteiger partial charge in [0.2, 0.25) is 5.91 Å². The number of nitrogens with one attached hydrogen (secondary N) is 2. The molecular weight excluding hydrogens is 446 g/mol. The number of ether oxygens (including phenoxy) is 2. The Kier molecular flexibility index (Phi) is 9.28. The third kappa shape index (κ3) is 5.67. The molecule has 0 aliphatic carbocycles. The van der Waals surface area contributed by atoms with Crippen LogP contribution in [0.4, 0.5) is 0 Å². The first-order valence-electron chi connectivity index (χ1n) is 11.0. The standard InChI is InChI=1S/C20H36ClN3O6S/c1-4-5-24-6-7-29-17-11(9-24)8-22-13(17)19(28)23-12(10(2)21)18-15(26)14(25)16(27)20(30-18)31-3/h10-18,20,22,25-27H,4-9H2,1-3H3,(H,23,28)/t10-,11+,12+,13-,14+,15?,16+,17+,18+,20?/m0/s1. The lowest BCUT2D eigenvalue weighted by molar-refractivity contribution is -0.205. The van der Waals surface area contributed by atoms with Gasteiger partial charge in [-0.3, -0.25) is 4.79 Å². The largest absolute Gasteiger partial charge is 0.388 e. The summed E-state index contributed by atoms with van der Waals surface area (Å²) in [7, 11) is 0. The Morgan fingerprint density at radius 3 is 2.71 bits per heavy atom. The summed E-state index contributed by atoms with van der Waals surface area (Å²) in [5.74, 6) is -0.0582. The molecule has 9 nitrogen and oxygen atoms in total. The molecule has 11 heteroatoms. The molecule has 10 atom stereocenters. The maximum atomic E-state index is 13.2. The number of halogens is 1. The van der Waals surface area contributed by atoms with E-state index in [1.807, 2.05) is 0 Å². The van der Waals surface area contributed by atoms with Crippen LogP contribution in [0.15, 0.2) is 0 Å². The zero-order valence-electron chi connectivity index (χ0n) is 18.3. The van der Waals surface area contributed by atoms with E-state index in [4.69, 9.17) is 21.1 Å². The van der Waals surface area contributed by atoms with Gasteiger partial charge in [-0.05, 0) is 26.1 Å². The summed E-state index contributed by atoms with van der Waals surface area (Å²) in [5.41, 5.74) is -0.734. The highest BCUT2D eigenvalue weighted by atomic mass is 35.5. The predicted octanol–water partition coefficient (Wildman–Crippen LogP) is -1.03. The van der Waals surface area contributed by atoms with E-state index in [0.717, 1.165) is 26.1 Å². The van der Waals surface area contributed by atoms with E-state index >= 15 is 0 Å². The molecule has 0 aromatic carbocycles. The summed E-state index contributed by atoms with van der Waals surface area (Å²) in [4.78, 5) is 15.6. The van der Waals surface area contributed by atoms with Crippen molar-refractivity contribution in [1.82, 2.24) is 15.5 Å². The Bertz CT molecular complexity index is 603. The summed E-state index contributed by atoms with van der Waals surface area (Å²) < 4.78 is 11.9. The smallest absolute Gasteiger partial charge is 0.240 e. The van der Waals surface area contributed by atoms with Crippen LogP contribution in [0.25, 0.3) is 0 Å². The molecule has 3 heterocycles. The Morgan fingerprint density at radius 1 is 1.32 bits per heavy atom. The minimum atomic E-state index is -1.39. The van der Waals surface area contributed by atoms with Crippen molar-refractivity contribution in [3.8, 4) is 0 Å². The van der Waals surface area contributed by atoms with Gasteiger partial charge in [0.25, 0.3) is 0 Å². The molecule has 3 aliphatic rings. The molecule has 0 saturated carbocycles. The van der Waals surface area contributed by atoms with Crippen molar-refractivity contribution in [2.24, 2.45) is 5.92 Å². The normalized spacial score (nSPS) is 41.3. The Labute approximate surface area is 193 Å². The molecule has 0 aromatic heterocycles. The fourth-order valence-corrected chi connectivity index (χ4v) is 5.65. The molecule has 0 bridgehead atoms. The Hall–Kier alpha value is -0.170. The quantitative estimate of drug-likeness (QED) is 0.290. The van der Waals surface area contributed by atoms with Crippen LogP contribution in [-0.4, -0.2) is 119 Å². The number of aliphatic hydroxyl groups excluding tert-OH is 3. The van der Waals surface area contributed by atoms with Crippen molar-refractivity contribution in [1.29, 1.82) is 0 Å². The first kappa shape index (κ1) is 25.5. The molecule has 5 N–H and O–H groups in total. The second kappa shape index (κ2) is 11.3. The van der Waals surface area contributed by atoms with Gasteiger partial charge in [0.05, 0.1) is 24.1 Å². The maximum absolute atomic E-state index is 13.2. The van der Waals surface area contributed by atoms with Gasteiger partial charge in [-0.2, -0.15) is 0 Å². The molecule has 0 spiro atoms. The highest BCUT2D eigenvalue weighted by Crippen LogP contribution is 2.30. The van der Waals surface area contributed by atoms with Gasteiger partial charge in [0.15, 0.2) is 0 Å². The number of fused-ring (bicyclic) bond motifs is 1. The van der Waals surface area contributed by atoms with E-state index < -0.39 is 47.3 Å². The number of rotatable bonds is 7. The number of nitrogens with zero attached hydrogens (tertiary/aromatic N) is 1. The molecular formula is C20H36ClN3O6S. The fourth-order valence-electron chi connectivity index (χ4n) is 4.76. The van der Waals surface area contributed by atoms with Gasteiger partial charge in [0.1, 0.15) is 35.9 Å². The van der Waals surface area contributed by atoms with Crippen LogP contribution < -0.4 is 10.6 Å². The van der Waals surface area contributed by atoms with E-state index in [1.165, 1.54) is 11.8 Å². The molecule has 3 aliphatic heterocycles. The summed E-state index contributed by atoms with van der Waals surface area (Å²) >= 11 is 7.59. The molecule has 3 rings (SSSR count). The number of carbonyl (C=O) groups excluding carboxylic acids is 1. The van der Waals surface area contributed by atoms with Crippen molar-refractivity contribution in [3.05, 3.63) is 0 Å². The van der Waals surface area contributed by atoms with Crippen LogP contribution in [0.1, 0.15) is 20.3 Å². The third-order valence-corrected chi connectivity index (χ3v) is 7.55. The van der Waals surface area contributed by atoms with Crippen molar-refractivity contribution < 1.29 is 29.6 Å². The number of carbonyl (C=O) groups is 1. The van der Waals surface area contributed by atoms with E-state index in [0.29, 0.717) is 13.2 Å². The maximum Gasteiger partial charge on any atom is 0.240 e. The molecule has 0 aromatic rings. The van der Waals surface area contributed by atoms with Crippen molar-refractivity contribution in [3.63, 3.8) is 0 Å². The average molecular weight is 482 g/mol. The Morgan fingerprint density at radius 2 is 2.06 bits per heavy atom. The minimum absolute atomic E-state index is 0.214. The van der Waals surface area contributed by atoms with Gasteiger partial charge in [-0.15, -0.1) is 23.4 Å². The van der Waals surface area contributed by atoms with Crippen molar-refractivity contribution >= 4 is 29.3 Å². The zero-order valence-corrected chi connectivity index (χ0v) is 19.9. The number of aliphatic hydroxyl groups is 3. The van der Waals surface area contributed by atoms with E-state index in [2.05, 4.69) is 22.5 Å². The van der Waals surface area contributed by atoms with E-state index in [-0.39, 0.29) is 17.9 Å². The molecule has 180 valence electrons. The summed E-state index contributed by atoms with van der Waals surface area (Å²) in [6.45, 7) is 7.86. The average Bonchev–Trinajstić information content (AvgIpc) is 3.02. The van der Waals surface area contributed by atoms with Crippen molar-refractivity contribution in [2.75, 3.05) is 39.0 Å². The van der Waals surface area contributed by atoms with E-state index in [9.17, 15) is 20.1 Å². The van der Waals surface area contributed by atoms with Crippen LogP contribution in [-0.2, 0) is 14.3 Å². The van der Waals surface area contributed by atoms with E-state index in [1.54, 1.807) is 13.2 Å². The van der Waals surface area contributed by atoms with Crippen LogP contribution in [0.2, 0.25) is 0 Å². The summed E-state index contributed by atoms with van der Waals surface area (Å²) in [6.07, 6.45) is -2.39. The lowest BCUT2D eigenvalue weighted by Crippen LogP contribution is -2.65. The summed E-state index contributed by atoms with van der Waals surface area (Å²) in [6, 6.07) is -1.29. The molecule has 31 heavy (non-hydrogen) atoms. The minimum Gasteiger partial charge on any atom is -0.388 e. The number of alkyl halides is 1. The van der Waals surface area contributed by atoms with Gasteiger partial charge in [-0.25, -0.2) is 0 Å². The van der Waals surface area contributed by atoms with Crippen LogP contribution in [0.3, 0.4) is 0 Å². The molecule has 1 amide bonds. The molecule has 2 unspecified atom stereocenters. The van der Waals surface area contributed by atoms with Crippen molar-refractivity contribution in [2.45, 2.75) is 73.7 Å². The number of hydrogen-bond acceptors (Lipinski definition) is 9. The van der Waals surface area contributed by atoms with Crippen LogP contribution in [0.5, 0.6) is 0 Å². The van der Waals surface area contributed by atoms with Gasteiger partial charge < -0.3 is 40.3 Å². The number of thioether (sulfide) groups is 1. The topological polar surface area (TPSA) is 124 Å². The highest BCUT2D eigenvalue weighted by molar-refractivity contribution is 7.99. The molecule has 3 saturated heterocycles. The fraction of sp³-hybridized carbons (Fsp3) is 0.950. The number of hydrogen-bond donors (Lipinski definition) is 5. The van der Waals surface area contributed by atoms with Gasteiger partial charge in [0, 0.05) is 25.6 Å². The SMILES string of the molecule is CCCN1CCO[C@@H]2[C@H](CN[C@@H]2C(=O)N[C@H]([C@H](C)Cl)[C@H]2OC(SC)[C@H](O)[C@H](O)C2O)C1. The first-order chi connectivity index (χ1) is 14.8. The lowest BCUT2D eigenvalue weighted by atomic mass is 9.92. The summed E-state index contributed by atoms with van der Waals surface area (Å²) in [5, 5.41) is 36.5. The van der Waals surface area contributed by atoms with Gasteiger partial charge in [-0.1, -0.05) is 6.92 Å². The monoisotopic (exact) mass is 481 g/mol. The van der Waals surface area contributed by atoms with Gasteiger partial charge >= 0.3 is 0 Å². The number of amides is 1. The van der Waals surface area contributed by atoms with Crippen LogP contribution in [0, 0.1) is 5.92 Å². The molecule has 0 radical (unpaired) electrons. The molecule has 3 fully saturated rings. The third-order valence-electron chi connectivity index (χ3n) is 6.42. The Balaban J connectivity index is 1.68. The van der Waals surface area contributed by atoms with Crippen LogP contribution >= 0.6 is 23.4 Å². The zero-order chi connectivity index (χ0) is 22.7. The highest BCUT2D eigenvalue weighted by Gasteiger charge is 2.49. The first-order valence-corrected chi connectivity index (χ1v) is 12.7. The predicted molar refractivity (Wildman–Crippen MR) is 119 cm³/mol. The second-order valence-corrected chi connectivity index (χ2v) is 10.3.